The Bertz CT molecular complexity index is 363. The number of halogens is 1. The summed E-state index contributed by atoms with van der Waals surface area (Å²) in [5, 5.41) is 3.49. The van der Waals surface area contributed by atoms with Gasteiger partial charge in [0.05, 0.1) is 0 Å². The van der Waals surface area contributed by atoms with Crippen molar-refractivity contribution in [3.05, 3.63) is 28.7 Å². The summed E-state index contributed by atoms with van der Waals surface area (Å²) in [4.78, 5) is 2.61. The molecule has 1 aliphatic rings. The monoisotopic (exact) mass is 310 g/mol. The summed E-state index contributed by atoms with van der Waals surface area (Å²) < 4.78 is 1.13. The minimum Gasteiger partial charge on any atom is -0.384 e. The van der Waals surface area contributed by atoms with Gasteiger partial charge in [0.25, 0.3) is 0 Å². The van der Waals surface area contributed by atoms with Crippen LogP contribution in [0.3, 0.4) is 0 Å². The minimum absolute atomic E-state index is 0.743. The molecule has 100 valence electrons. The molecule has 1 aromatic carbocycles. The van der Waals surface area contributed by atoms with E-state index < -0.39 is 0 Å². The first-order chi connectivity index (χ1) is 8.65. The molecule has 0 spiro atoms. The van der Waals surface area contributed by atoms with E-state index in [1.165, 1.54) is 25.1 Å². The quantitative estimate of drug-likeness (QED) is 0.905. The molecule has 1 heterocycles. The van der Waals surface area contributed by atoms with E-state index in [0.717, 1.165) is 29.5 Å². The topological polar surface area (TPSA) is 15.3 Å². The van der Waals surface area contributed by atoms with Gasteiger partial charge >= 0.3 is 0 Å². The van der Waals surface area contributed by atoms with Gasteiger partial charge in [0.15, 0.2) is 0 Å². The predicted octanol–water partition coefficient (Wildman–Crippen LogP) is 3.98. The summed E-state index contributed by atoms with van der Waals surface area (Å²) in [6, 6.07) is 9.13. The van der Waals surface area contributed by atoms with E-state index in [2.05, 4.69) is 64.3 Å². The Labute approximate surface area is 119 Å². The van der Waals surface area contributed by atoms with Crippen LogP contribution >= 0.6 is 15.9 Å². The van der Waals surface area contributed by atoms with Crippen molar-refractivity contribution < 1.29 is 0 Å². The maximum absolute atomic E-state index is 3.49. The highest BCUT2D eigenvalue weighted by molar-refractivity contribution is 9.10. The molecule has 1 fully saturated rings. The predicted molar refractivity (Wildman–Crippen MR) is 82.1 cm³/mol. The van der Waals surface area contributed by atoms with E-state index in [0.29, 0.717) is 0 Å². The van der Waals surface area contributed by atoms with Crippen LogP contribution in [0.4, 0.5) is 5.69 Å². The molecule has 2 unspecified atom stereocenters. The van der Waals surface area contributed by atoms with Crippen LogP contribution in [0.1, 0.15) is 26.7 Å². The van der Waals surface area contributed by atoms with E-state index in [1.54, 1.807) is 0 Å². The van der Waals surface area contributed by atoms with Gasteiger partial charge in [-0.05, 0) is 49.9 Å². The molecule has 18 heavy (non-hydrogen) atoms. The summed E-state index contributed by atoms with van der Waals surface area (Å²) in [6.45, 7) is 8.13. The zero-order valence-corrected chi connectivity index (χ0v) is 12.9. The van der Waals surface area contributed by atoms with Crippen molar-refractivity contribution in [1.82, 2.24) is 4.90 Å². The fourth-order valence-electron chi connectivity index (χ4n) is 2.60. The number of rotatable bonds is 4. The van der Waals surface area contributed by atoms with Gasteiger partial charge < -0.3 is 5.32 Å². The van der Waals surface area contributed by atoms with Crippen LogP contribution in [-0.4, -0.2) is 30.6 Å². The van der Waals surface area contributed by atoms with Gasteiger partial charge in [0, 0.05) is 35.8 Å². The van der Waals surface area contributed by atoms with Gasteiger partial charge in [-0.3, -0.25) is 4.90 Å². The first-order valence-corrected chi connectivity index (χ1v) is 7.68. The third-order valence-electron chi connectivity index (χ3n) is 3.82. The Balaban J connectivity index is 1.76. The highest BCUT2D eigenvalue weighted by atomic mass is 79.9. The van der Waals surface area contributed by atoms with Crippen molar-refractivity contribution >= 4 is 21.6 Å². The molecule has 1 aliphatic heterocycles. The molecule has 2 rings (SSSR count). The maximum atomic E-state index is 3.49. The van der Waals surface area contributed by atoms with Crippen LogP contribution in [0.5, 0.6) is 0 Å². The lowest BCUT2D eigenvalue weighted by Crippen LogP contribution is -2.43. The number of nitrogens with zero attached hydrogens (tertiary/aromatic N) is 1. The Hall–Kier alpha value is -0.540. The standard InChI is InChI=1S/C15H23BrN2/c1-12-3-4-13(2)18(11-12)10-9-17-15-7-5-14(16)6-8-15/h5-8,12-13,17H,3-4,9-11H2,1-2H3. The van der Waals surface area contributed by atoms with Crippen molar-refractivity contribution in [1.29, 1.82) is 0 Å². The van der Waals surface area contributed by atoms with E-state index in [4.69, 9.17) is 0 Å². The van der Waals surface area contributed by atoms with Crippen molar-refractivity contribution in [2.75, 3.05) is 25.0 Å². The Morgan fingerprint density at radius 1 is 1.22 bits per heavy atom. The lowest BCUT2D eigenvalue weighted by Gasteiger charge is -2.36. The molecule has 0 radical (unpaired) electrons. The molecule has 1 N–H and O–H groups in total. The number of piperidine rings is 1. The molecule has 0 amide bonds. The molecule has 0 aliphatic carbocycles. The number of anilines is 1. The Morgan fingerprint density at radius 3 is 2.67 bits per heavy atom. The van der Waals surface area contributed by atoms with Crippen molar-refractivity contribution in [2.24, 2.45) is 5.92 Å². The third kappa shape index (κ3) is 3.99. The zero-order valence-electron chi connectivity index (χ0n) is 11.3. The zero-order chi connectivity index (χ0) is 13.0. The second-order valence-corrected chi connectivity index (χ2v) is 6.38. The SMILES string of the molecule is CC1CCC(C)N(CCNc2ccc(Br)cc2)C1. The number of benzene rings is 1. The normalized spacial score (nSPS) is 25.1. The molecule has 0 bridgehead atoms. The molecule has 1 aromatic rings. The first-order valence-electron chi connectivity index (χ1n) is 6.88. The molecule has 0 aromatic heterocycles. The van der Waals surface area contributed by atoms with E-state index in [9.17, 15) is 0 Å². The van der Waals surface area contributed by atoms with Crippen molar-refractivity contribution in [3.63, 3.8) is 0 Å². The number of likely N-dealkylation sites (tertiary alicyclic amines) is 1. The molecular weight excluding hydrogens is 288 g/mol. The van der Waals surface area contributed by atoms with Crippen LogP contribution in [0.15, 0.2) is 28.7 Å². The molecule has 3 heteroatoms. The van der Waals surface area contributed by atoms with E-state index in [-0.39, 0.29) is 0 Å². The van der Waals surface area contributed by atoms with Gasteiger partial charge in [0.2, 0.25) is 0 Å². The van der Waals surface area contributed by atoms with Crippen molar-refractivity contribution in [2.45, 2.75) is 32.7 Å². The van der Waals surface area contributed by atoms with Crippen molar-refractivity contribution in [3.8, 4) is 0 Å². The highest BCUT2D eigenvalue weighted by Crippen LogP contribution is 2.21. The van der Waals surface area contributed by atoms with Gasteiger partial charge in [-0.1, -0.05) is 22.9 Å². The summed E-state index contributed by atoms with van der Waals surface area (Å²) >= 11 is 3.45. The average Bonchev–Trinajstić information content (AvgIpc) is 2.36. The Morgan fingerprint density at radius 2 is 1.94 bits per heavy atom. The summed E-state index contributed by atoms with van der Waals surface area (Å²) in [5.74, 6) is 0.855. The molecular formula is C15H23BrN2. The third-order valence-corrected chi connectivity index (χ3v) is 4.35. The van der Waals surface area contributed by atoms with Gasteiger partial charge in [-0.2, -0.15) is 0 Å². The summed E-state index contributed by atoms with van der Waals surface area (Å²) in [6.07, 6.45) is 2.73. The first kappa shape index (κ1) is 13.9. The van der Waals surface area contributed by atoms with E-state index >= 15 is 0 Å². The van der Waals surface area contributed by atoms with E-state index in [1.807, 2.05) is 0 Å². The molecule has 2 nitrogen and oxygen atoms in total. The number of hydrogen-bond donors (Lipinski definition) is 1. The fourth-order valence-corrected chi connectivity index (χ4v) is 2.87. The average molecular weight is 311 g/mol. The van der Waals surface area contributed by atoms with Gasteiger partial charge in [-0.15, -0.1) is 0 Å². The fraction of sp³-hybridized carbons (Fsp3) is 0.600. The highest BCUT2D eigenvalue weighted by Gasteiger charge is 2.21. The van der Waals surface area contributed by atoms with Gasteiger partial charge in [0.1, 0.15) is 0 Å². The number of hydrogen-bond acceptors (Lipinski definition) is 2. The Kier molecular flexibility index (Phi) is 5.07. The lowest BCUT2D eigenvalue weighted by atomic mass is 9.95. The van der Waals surface area contributed by atoms with Crippen LogP contribution in [0, 0.1) is 5.92 Å². The second kappa shape index (κ2) is 6.58. The van der Waals surface area contributed by atoms with Crippen LogP contribution in [0.25, 0.3) is 0 Å². The summed E-state index contributed by atoms with van der Waals surface area (Å²) in [5.41, 5.74) is 1.20. The number of nitrogens with one attached hydrogen (secondary N) is 1. The van der Waals surface area contributed by atoms with Gasteiger partial charge in [-0.25, -0.2) is 0 Å². The molecule has 1 saturated heterocycles. The summed E-state index contributed by atoms with van der Waals surface area (Å²) in [7, 11) is 0. The molecule has 2 atom stereocenters. The largest absolute Gasteiger partial charge is 0.384 e. The maximum Gasteiger partial charge on any atom is 0.0341 e. The van der Waals surface area contributed by atoms with Crippen LogP contribution in [0.2, 0.25) is 0 Å². The molecule has 0 saturated carbocycles. The minimum atomic E-state index is 0.743. The lowest BCUT2D eigenvalue weighted by molar-refractivity contribution is 0.130. The van der Waals surface area contributed by atoms with Crippen LogP contribution in [-0.2, 0) is 0 Å². The second-order valence-electron chi connectivity index (χ2n) is 5.46. The smallest absolute Gasteiger partial charge is 0.0341 e. The van der Waals surface area contributed by atoms with Crippen LogP contribution < -0.4 is 5.32 Å².